The highest BCUT2D eigenvalue weighted by molar-refractivity contribution is 7.92. The van der Waals surface area contributed by atoms with Crippen molar-refractivity contribution in [2.75, 3.05) is 38.7 Å². The number of likely N-dealkylation sites (tertiary alicyclic amines) is 1. The fourth-order valence-corrected chi connectivity index (χ4v) is 6.55. The van der Waals surface area contributed by atoms with Crippen LogP contribution in [0.25, 0.3) is 0 Å². The maximum atomic E-state index is 14.9. The highest BCUT2D eigenvalue weighted by atomic mass is 32.2. The summed E-state index contributed by atoms with van der Waals surface area (Å²) < 4.78 is 63.0. The predicted octanol–water partition coefficient (Wildman–Crippen LogP) is 3.56. The Labute approximate surface area is 226 Å². The van der Waals surface area contributed by atoms with Gasteiger partial charge in [0.2, 0.25) is 5.75 Å². The first-order chi connectivity index (χ1) is 18.5. The maximum absolute atomic E-state index is 14.9. The van der Waals surface area contributed by atoms with Crippen LogP contribution in [0.2, 0.25) is 0 Å². The van der Waals surface area contributed by atoms with Gasteiger partial charge in [0.05, 0.1) is 36.2 Å². The molecular formula is C26H33FN4O7S. The highest BCUT2D eigenvalue weighted by Crippen LogP contribution is 2.39. The molecule has 3 heterocycles. The maximum Gasteiger partial charge on any atom is 0.410 e. The second kappa shape index (κ2) is 10.4. The van der Waals surface area contributed by atoms with Crippen molar-refractivity contribution < 1.29 is 36.6 Å². The van der Waals surface area contributed by atoms with E-state index in [1.54, 1.807) is 4.90 Å². The molecule has 1 N–H and O–H groups in total. The zero-order chi connectivity index (χ0) is 27.9. The van der Waals surface area contributed by atoms with Crippen molar-refractivity contribution in [2.24, 2.45) is 11.8 Å². The first-order valence-electron chi connectivity index (χ1n) is 12.9. The molecule has 2 aliphatic heterocycles. The zero-order valence-electron chi connectivity index (χ0n) is 22.3. The summed E-state index contributed by atoms with van der Waals surface area (Å²) in [7, 11) is -2.10. The van der Waals surface area contributed by atoms with E-state index in [0.29, 0.717) is 39.1 Å². The number of methoxy groups -OCH3 is 1. The van der Waals surface area contributed by atoms with Crippen molar-refractivity contribution in [3.63, 3.8) is 0 Å². The number of aromatic nitrogens is 2. The topological polar surface area (TPSA) is 129 Å². The van der Waals surface area contributed by atoms with E-state index in [0.717, 1.165) is 6.07 Å². The van der Waals surface area contributed by atoms with Gasteiger partial charge in [0.1, 0.15) is 23.8 Å². The van der Waals surface area contributed by atoms with E-state index in [1.165, 1.54) is 25.6 Å². The number of rotatable bonds is 7. The molecule has 0 radical (unpaired) electrons. The lowest BCUT2D eigenvalue weighted by Crippen LogP contribution is -2.59. The first-order valence-corrected chi connectivity index (χ1v) is 14.4. The second-order valence-corrected chi connectivity index (χ2v) is 13.3. The Balaban J connectivity index is 1.33. The van der Waals surface area contributed by atoms with E-state index in [4.69, 9.17) is 18.9 Å². The number of hydrogen-bond acceptors (Lipinski definition) is 10. The largest absolute Gasteiger partial charge is 0.489 e. The molecule has 3 fully saturated rings. The van der Waals surface area contributed by atoms with Gasteiger partial charge in [-0.25, -0.2) is 22.6 Å². The van der Waals surface area contributed by atoms with Gasteiger partial charge in [-0.1, -0.05) is 0 Å². The van der Waals surface area contributed by atoms with Gasteiger partial charge in [-0.05, 0) is 51.8 Å². The minimum atomic E-state index is -3.52. The monoisotopic (exact) mass is 564 g/mol. The fourth-order valence-electron chi connectivity index (χ4n) is 4.88. The molecule has 13 heteroatoms. The van der Waals surface area contributed by atoms with Gasteiger partial charge in [0.25, 0.3) is 5.88 Å². The van der Waals surface area contributed by atoms with Crippen LogP contribution in [0.5, 0.6) is 11.6 Å². The van der Waals surface area contributed by atoms with Gasteiger partial charge < -0.3 is 29.2 Å². The van der Waals surface area contributed by atoms with Crippen LogP contribution in [0.4, 0.5) is 20.7 Å². The van der Waals surface area contributed by atoms with Crippen molar-refractivity contribution in [1.29, 1.82) is 0 Å². The third-order valence-corrected chi connectivity index (χ3v) is 9.12. The highest BCUT2D eigenvalue weighted by Gasteiger charge is 2.45. The fraction of sp³-hybridized carbons (Fsp3) is 0.577. The summed E-state index contributed by atoms with van der Waals surface area (Å²) in [4.78, 5) is 22.8. The van der Waals surface area contributed by atoms with Crippen molar-refractivity contribution in [2.45, 2.75) is 55.5 Å². The predicted molar refractivity (Wildman–Crippen MR) is 138 cm³/mol. The second-order valence-electron chi connectivity index (χ2n) is 11.1. The molecule has 39 heavy (non-hydrogen) atoms. The lowest BCUT2D eigenvalue weighted by molar-refractivity contribution is -0.113. The van der Waals surface area contributed by atoms with Gasteiger partial charge in [0, 0.05) is 24.9 Å². The van der Waals surface area contributed by atoms with Crippen molar-refractivity contribution in [1.82, 2.24) is 14.9 Å². The number of nitrogens with zero attached hydrogens (tertiary/aromatic N) is 3. The van der Waals surface area contributed by atoms with Crippen molar-refractivity contribution in [3.05, 3.63) is 30.3 Å². The molecule has 2 bridgehead atoms. The Morgan fingerprint density at radius 1 is 1.15 bits per heavy atom. The smallest absolute Gasteiger partial charge is 0.410 e. The summed E-state index contributed by atoms with van der Waals surface area (Å²) in [6.45, 7) is 7.09. The normalized spacial score (nSPS) is 23.2. The van der Waals surface area contributed by atoms with Crippen LogP contribution in [0.1, 0.15) is 33.6 Å². The van der Waals surface area contributed by atoms with Crippen LogP contribution in [0.3, 0.4) is 0 Å². The molecule has 5 rings (SSSR count). The van der Waals surface area contributed by atoms with E-state index in [2.05, 4.69) is 15.3 Å². The molecule has 212 valence electrons. The number of hydrogen-bond donors (Lipinski definition) is 1. The number of nitrogens with one attached hydrogen (secondary N) is 1. The van der Waals surface area contributed by atoms with Gasteiger partial charge >= 0.3 is 6.09 Å². The summed E-state index contributed by atoms with van der Waals surface area (Å²) in [6.07, 6.45) is 1.78. The van der Waals surface area contributed by atoms with Crippen LogP contribution in [0.15, 0.2) is 29.4 Å². The molecule has 0 spiro atoms. The minimum absolute atomic E-state index is 0.0311. The molecule has 2 unspecified atom stereocenters. The van der Waals surface area contributed by atoms with E-state index in [9.17, 15) is 17.6 Å². The SMILES string of the molecule is COc1c(Nc2ccc(S(=O)(=O)C3CC3)cc2F)ncnc1OC1C2COCC1CN(C(=O)OC(C)(C)C)C2. The zero-order valence-corrected chi connectivity index (χ0v) is 23.2. The number of benzene rings is 1. The minimum Gasteiger partial charge on any atom is -0.489 e. The lowest BCUT2D eigenvalue weighted by atomic mass is 9.84. The van der Waals surface area contributed by atoms with E-state index < -0.39 is 26.5 Å². The van der Waals surface area contributed by atoms with E-state index in [1.807, 2.05) is 20.8 Å². The summed E-state index contributed by atoms with van der Waals surface area (Å²) >= 11 is 0. The molecule has 1 aliphatic carbocycles. The standard InChI is InChI=1S/C26H33FN4O7S/c1-26(2,3)38-25(32)31-10-15-12-36-13-16(11-31)21(15)37-24-22(35-4)23(28-14-29-24)30-20-8-7-18(9-19(20)27)39(33,34)17-5-6-17/h7-9,14-17,21H,5-6,10-13H2,1-4H3,(H,28,29,30). The third kappa shape index (κ3) is 5.88. The number of amides is 1. The Kier molecular flexibility index (Phi) is 7.31. The van der Waals surface area contributed by atoms with Gasteiger partial charge in [0.15, 0.2) is 15.7 Å². The summed E-state index contributed by atoms with van der Waals surface area (Å²) in [5.74, 6) is -0.497. The van der Waals surface area contributed by atoms with Crippen LogP contribution in [-0.2, 0) is 19.3 Å². The summed E-state index contributed by atoms with van der Waals surface area (Å²) in [6, 6.07) is 3.76. The van der Waals surface area contributed by atoms with Crippen LogP contribution in [-0.4, -0.2) is 79.7 Å². The number of carbonyl (C=O) groups excluding carboxylic acids is 1. The number of halogens is 1. The van der Waals surface area contributed by atoms with Crippen molar-refractivity contribution >= 4 is 27.4 Å². The van der Waals surface area contributed by atoms with Gasteiger partial charge in [-0.2, -0.15) is 4.98 Å². The summed E-state index contributed by atoms with van der Waals surface area (Å²) in [5, 5.41) is 2.43. The van der Waals surface area contributed by atoms with Crippen molar-refractivity contribution in [3.8, 4) is 11.6 Å². The van der Waals surface area contributed by atoms with Crippen LogP contribution >= 0.6 is 0 Å². The summed E-state index contributed by atoms with van der Waals surface area (Å²) in [5.41, 5.74) is -0.567. The molecule has 1 aromatic heterocycles. The first kappa shape index (κ1) is 27.4. The molecule has 2 atom stereocenters. The molecule has 1 amide bonds. The molecule has 11 nitrogen and oxygen atoms in total. The molecule has 2 saturated heterocycles. The Hall–Kier alpha value is -3.19. The average Bonchev–Trinajstić information content (AvgIpc) is 3.70. The van der Waals surface area contributed by atoms with Gasteiger partial charge in [-0.3, -0.25) is 0 Å². The number of carbonyl (C=O) groups is 1. The number of sulfone groups is 1. The molecule has 1 aromatic carbocycles. The Morgan fingerprint density at radius 3 is 2.44 bits per heavy atom. The average molecular weight is 565 g/mol. The van der Waals surface area contributed by atoms with Gasteiger partial charge in [-0.15, -0.1) is 0 Å². The molecule has 1 saturated carbocycles. The number of anilines is 2. The number of fused-ring (bicyclic) bond motifs is 2. The quantitative estimate of drug-likeness (QED) is 0.533. The number of piperidine rings is 1. The lowest BCUT2D eigenvalue weighted by Gasteiger charge is -2.46. The Bertz CT molecular complexity index is 1330. The van der Waals surface area contributed by atoms with Crippen LogP contribution in [0, 0.1) is 17.7 Å². The van der Waals surface area contributed by atoms with E-state index in [-0.39, 0.29) is 52.1 Å². The molecular weight excluding hydrogens is 531 g/mol. The van der Waals surface area contributed by atoms with Crippen LogP contribution < -0.4 is 14.8 Å². The number of ether oxygens (including phenoxy) is 4. The Morgan fingerprint density at radius 2 is 1.85 bits per heavy atom. The molecule has 3 aliphatic rings. The molecule has 2 aromatic rings. The van der Waals surface area contributed by atoms with E-state index >= 15 is 0 Å². The third-order valence-electron chi connectivity index (χ3n) is 6.86.